The molecule has 0 unspecified atom stereocenters. The normalized spacial score (nSPS) is 13.3. The van der Waals surface area contributed by atoms with Crippen LogP contribution in [-0.2, 0) is 10.8 Å². The highest BCUT2D eigenvalue weighted by molar-refractivity contribution is 5.94. The van der Waals surface area contributed by atoms with Crippen molar-refractivity contribution in [2.75, 3.05) is 6.54 Å². The maximum atomic E-state index is 12.6. The van der Waals surface area contributed by atoms with Gasteiger partial charge in [-0.25, -0.2) is 0 Å². The van der Waals surface area contributed by atoms with Gasteiger partial charge in [-0.1, -0.05) is 61.5 Å². The summed E-state index contributed by atoms with van der Waals surface area (Å²) in [5.41, 5.74) is 1.91. The molecule has 1 aromatic carbocycles. The van der Waals surface area contributed by atoms with Crippen molar-refractivity contribution >= 4 is 5.91 Å². The molecular formula is C20H33NO3. The lowest BCUT2D eigenvalue weighted by molar-refractivity contribution is -0.119. The number of aliphatic hydroxyl groups is 2. The summed E-state index contributed by atoms with van der Waals surface area (Å²) in [7, 11) is 0. The van der Waals surface area contributed by atoms with E-state index < -0.39 is 11.7 Å². The van der Waals surface area contributed by atoms with E-state index in [1.54, 1.807) is 13.8 Å². The molecule has 0 saturated carbocycles. The van der Waals surface area contributed by atoms with Crippen molar-refractivity contribution in [3.63, 3.8) is 0 Å². The van der Waals surface area contributed by atoms with Crippen LogP contribution in [0.4, 0.5) is 0 Å². The largest absolute Gasteiger partial charge is 0.368 e. The Kier molecular flexibility index (Phi) is 5.89. The Balaban J connectivity index is 3.16. The van der Waals surface area contributed by atoms with Crippen LogP contribution in [0.1, 0.15) is 76.9 Å². The van der Waals surface area contributed by atoms with Crippen molar-refractivity contribution in [1.82, 2.24) is 5.32 Å². The van der Waals surface area contributed by atoms with Crippen LogP contribution in [0, 0.1) is 5.41 Å². The molecule has 0 fully saturated rings. The molecule has 4 nitrogen and oxygen atoms in total. The summed E-state index contributed by atoms with van der Waals surface area (Å²) < 4.78 is 0. The lowest BCUT2D eigenvalue weighted by Crippen LogP contribution is -2.41. The zero-order valence-electron chi connectivity index (χ0n) is 16.3. The Morgan fingerprint density at radius 2 is 1.33 bits per heavy atom. The second-order valence-electron chi connectivity index (χ2n) is 9.34. The molecule has 1 amide bonds. The molecule has 0 bridgehead atoms. The average Bonchev–Trinajstić information content (AvgIpc) is 2.42. The number of carbonyl (C=O) groups is 1. The highest BCUT2D eigenvalue weighted by Crippen LogP contribution is 2.30. The number of aliphatic hydroxyl groups excluding tert-OH is 1. The molecule has 1 rings (SSSR count). The fourth-order valence-electron chi connectivity index (χ4n) is 2.13. The minimum absolute atomic E-state index is 0.0587. The first kappa shape index (κ1) is 20.7. The first-order valence-electron chi connectivity index (χ1n) is 8.45. The van der Waals surface area contributed by atoms with Crippen molar-refractivity contribution < 1.29 is 15.0 Å². The summed E-state index contributed by atoms with van der Waals surface area (Å²) in [6, 6.07) is 6.01. The monoisotopic (exact) mass is 335 g/mol. The van der Waals surface area contributed by atoms with E-state index in [2.05, 4.69) is 52.9 Å². The third-order valence-electron chi connectivity index (χ3n) is 4.33. The van der Waals surface area contributed by atoms with Gasteiger partial charge < -0.3 is 15.5 Å². The minimum Gasteiger partial charge on any atom is -0.368 e. The zero-order valence-corrected chi connectivity index (χ0v) is 16.3. The summed E-state index contributed by atoms with van der Waals surface area (Å²) in [5, 5.41) is 21.6. The highest BCUT2D eigenvalue weighted by Gasteiger charge is 2.27. The third kappa shape index (κ3) is 5.32. The molecule has 0 aliphatic rings. The topological polar surface area (TPSA) is 69.6 Å². The van der Waals surface area contributed by atoms with Crippen LogP contribution >= 0.6 is 0 Å². The van der Waals surface area contributed by atoms with Crippen LogP contribution < -0.4 is 5.32 Å². The fraction of sp³-hybridized carbons (Fsp3) is 0.650. The van der Waals surface area contributed by atoms with Gasteiger partial charge >= 0.3 is 0 Å². The lowest BCUT2D eigenvalue weighted by Gasteiger charge is -2.28. The van der Waals surface area contributed by atoms with E-state index in [4.69, 9.17) is 0 Å². The molecule has 4 heteroatoms. The van der Waals surface area contributed by atoms with E-state index in [-0.39, 0.29) is 23.3 Å². The van der Waals surface area contributed by atoms with Crippen LogP contribution in [0.25, 0.3) is 0 Å². The number of rotatable bonds is 4. The lowest BCUT2D eigenvalue weighted by atomic mass is 9.79. The minimum atomic E-state index is -1.48. The van der Waals surface area contributed by atoms with Crippen LogP contribution in [0.2, 0.25) is 0 Å². The van der Waals surface area contributed by atoms with E-state index in [0.29, 0.717) is 5.56 Å². The number of hydrogen-bond acceptors (Lipinski definition) is 3. The molecule has 0 atom stereocenters. The number of hydrogen-bond donors (Lipinski definition) is 3. The molecule has 0 spiro atoms. The van der Waals surface area contributed by atoms with Gasteiger partial charge in [-0.3, -0.25) is 4.79 Å². The molecule has 0 heterocycles. The van der Waals surface area contributed by atoms with Gasteiger partial charge in [0.25, 0.3) is 5.91 Å². The third-order valence-corrected chi connectivity index (χ3v) is 4.33. The summed E-state index contributed by atoms with van der Waals surface area (Å²) >= 11 is 0. The predicted molar refractivity (Wildman–Crippen MR) is 98.2 cm³/mol. The first-order valence-corrected chi connectivity index (χ1v) is 8.45. The molecule has 1 aromatic rings. The van der Waals surface area contributed by atoms with Crippen LogP contribution in [0.15, 0.2) is 18.2 Å². The van der Waals surface area contributed by atoms with E-state index in [0.717, 1.165) is 11.1 Å². The number of benzene rings is 1. The van der Waals surface area contributed by atoms with Crippen LogP contribution in [0.5, 0.6) is 0 Å². The number of carbonyl (C=O) groups excluding carboxylic acids is 1. The van der Waals surface area contributed by atoms with Crippen molar-refractivity contribution in [3.8, 4) is 0 Å². The summed E-state index contributed by atoms with van der Waals surface area (Å²) in [6.45, 7) is 16.3. The molecule has 0 aliphatic carbocycles. The standard InChI is InChI=1S/C20H33NO3/c1-18(2,3)14-9-13(10-15(11-14)19(4,5)6)16(22)21-12-20(7,8)17(23)24/h9-11,17,23-24H,12H2,1-8H3,(H,21,22). The van der Waals surface area contributed by atoms with E-state index in [9.17, 15) is 15.0 Å². The Morgan fingerprint density at radius 3 is 1.67 bits per heavy atom. The summed E-state index contributed by atoms with van der Waals surface area (Å²) in [6.07, 6.45) is -1.48. The van der Waals surface area contributed by atoms with Gasteiger partial charge in [0.1, 0.15) is 0 Å². The first-order chi connectivity index (χ1) is 10.6. The van der Waals surface area contributed by atoms with Crippen molar-refractivity contribution in [2.45, 2.75) is 72.5 Å². The molecule has 0 radical (unpaired) electrons. The maximum absolute atomic E-state index is 12.6. The van der Waals surface area contributed by atoms with Crippen LogP contribution in [-0.4, -0.2) is 29.0 Å². The van der Waals surface area contributed by atoms with Crippen LogP contribution in [0.3, 0.4) is 0 Å². The van der Waals surface area contributed by atoms with Gasteiger partial charge in [0.2, 0.25) is 0 Å². The second kappa shape index (κ2) is 6.85. The summed E-state index contributed by atoms with van der Waals surface area (Å²) in [5.74, 6) is -0.194. The van der Waals surface area contributed by atoms with Crippen molar-refractivity contribution in [3.05, 3.63) is 34.9 Å². The maximum Gasteiger partial charge on any atom is 0.251 e. The molecule has 136 valence electrons. The Labute approximate surface area is 146 Å². The second-order valence-corrected chi connectivity index (χ2v) is 9.34. The SMILES string of the molecule is CC(C)(C)c1cc(C(=O)NCC(C)(C)C(O)O)cc(C(C)(C)C)c1. The van der Waals surface area contributed by atoms with E-state index in [1.165, 1.54) is 0 Å². The highest BCUT2D eigenvalue weighted by atomic mass is 16.5. The van der Waals surface area contributed by atoms with Gasteiger partial charge in [0.05, 0.1) is 0 Å². The number of amides is 1. The smallest absolute Gasteiger partial charge is 0.251 e. The van der Waals surface area contributed by atoms with Gasteiger partial charge in [0.15, 0.2) is 6.29 Å². The van der Waals surface area contributed by atoms with E-state index >= 15 is 0 Å². The van der Waals surface area contributed by atoms with Gasteiger partial charge in [-0.2, -0.15) is 0 Å². The number of nitrogens with one attached hydrogen (secondary N) is 1. The molecule has 24 heavy (non-hydrogen) atoms. The molecule has 0 saturated heterocycles. The van der Waals surface area contributed by atoms with E-state index in [1.807, 2.05) is 12.1 Å². The van der Waals surface area contributed by atoms with Gasteiger partial charge in [-0.05, 0) is 34.1 Å². The summed E-state index contributed by atoms with van der Waals surface area (Å²) in [4.78, 5) is 12.6. The zero-order chi connectivity index (χ0) is 18.9. The molecular weight excluding hydrogens is 302 g/mol. The Hall–Kier alpha value is -1.39. The van der Waals surface area contributed by atoms with Crippen molar-refractivity contribution in [1.29, 1.82) is 0 Å². The Morgan fingerprint density at radius 1 is 0.917 bits per heavy atom. The average molecular weight is 335 g/mol. The van der Waals surface area contributed by atoms with Gasteiger partial charge in [-0.15, -0.1) is 0 Å². The van der Waals surface area contributed by atoms with Gasteiger partial charge in [0, 0.05) is 17.5 Å². The van der Waals surface area contributed by atoms with Crippen molar-refractivity contribution in [2.24, 2.45) is 5.41 Å². The molecule has 0 aliphatic heterocycles. The quantitative estimate of drug-likeness (QED) is 0.739. The molecule has 3 N–H and O–H groups in total. The predicted octanol–water partition coefficient (Wildman–Crippen LogP) is 3.35. The Bertz CT molecular complexity index is 558. The fourth-order valence-corrected chi connectivity index (χ4v) is 2.13. The molecule has 0 aromatic heterocycles.